The predicted octanol–water partition coefficient (Wildman–Crippen LogP) is 0.997. The Morgan fingerprint density at radius 2 is 2.14 bits per heavy atom. The van der Waals surface area contributed by atoms with Crippen LogP contribution in [0, 0.1) is 5.41 Å². The third-order valence-electron chi connectivity index (χ3n) is 3.03. The van der Waals surface area contributed by atoms with Gasteiger partial charge in [-0.3, -0.25) is 4.79 Å². The van der Waals surface area contributed by atoms with Crippen LogP contribution in [0.2, 0.25) is 0 Å². The molecule has 1 amide bonds. The molecule has 2 fully saturated rings. The molecule has 0 aromatic carbocycles. The number of hydrogen-bond acceptors (Lipinski definition) is 2. The number of amides is 1. The summed E-state index contributed by atoms with van der Waals surface area (Å²) >= 11 is 0. The SMILES string of the molecule is CC1(C)CNCCC(=O)N(C2CC2)C1. The van der Waals surface area contributed by atoms with E-state index in [1.807, 2.05) is 0 Å². The lowest BCUT2D eigenvalue weighted by Crippen LogP contribution is -2.47. The van der Waals surface area contributed by atoms with E-state index in [2.05, 4.69) is 24.1 Å². The Balaban J connectivity index is 2.05. The molecular weight excluding hydrogens is 176 g/mol. The molecule has 0 radical (unpaired) electrons. The second-order valence-corrected chi connectivity index (χ2v) is 5.34. The van der Waals surface area contributed by atoms with Crippen molar-refractivity contribution in [2.24, 2.45) is 5.41 Å². The lowest BCUT2D eigenvalue weighted by Gasteiger charge is -2.35. The average molecular weight is 196 g/mol. The molecule has 1 saturated carbocycles. The van der Waals surface area contributed by atoms with E-state index in [0.29, 0.717) is 18.4 Å². The Labute approximate surface area is 85.8 Å². The van der Waals surface area contributed by atoms with Crippen molar-refractivity contribution in [3.63, 3.8) is 0 Å². The summed E-state index contributed by atoms with van der Waals surface area (Å²) in [5.41, 5.74) is 0.221. The number of carbonyl (C=O) groups excluding carboxylic acids is 1. The first-order valence-electron chi connectivity index (χ1n) is 5.59. The fourth-order valence-corrected chi connectivity index (χ4v) is 2.09. The van der Waals surface area contributed by atoms with Crippen LogP contribution in [0.25, 0.3) is 0 Å². The molecule has 0 atom stereocenters. The third kappa shape index (κ3) is 2.27. The van der Waals surface area contributed by atoms with E-state index < -0.39 is 0 Å². The molecule has 0 spiro atoms. The van der Waals surface area contributed by atoms with Crippen LogP contribution in [-0.4, -0.2) is 36.5 Å². The summed E-state index contributed by atoms with van der Waals surface area (Å²) in [6.45, 7) is 7.24. The van der Waals surface area contributed by atoms with Crippen molar-refractivity contribution in [2.45, 2.75) is 39.2 Å². The minimum Gasteiger partial charge on any atom is -0.339 e. The molecule has 1 heterocycles. The molecule has 80 valence electrons. The van der Waals surface area contributed by atoms with Crippen molar-refractivity contribution in [1.82, 2.24) is 10.2 Å². The molecule has 0 aromatic heterocycles. The number of nitrogens with one attached hydrogen (secondary N) is 1. The van der Waals surface area contributed by atoms with Gasteiger partial charge in [0.2, 0.25) is 5.91 Å². The molecule has 2 aliphatic rings. The van der Waals surface area contributed by atoms with Crippen LogP contribution in [0.1, 0.15) is 33.1 Å². The van der Waals surface area contributed by atoms with Gasteiger partial charge in [-0.2, -0.15) is 0 Å². The van der Waals surface area contributed by atoms with E-state index in [1.54, 1.807) is 0 Å². The van der Waals surface area contributed by atoms with Gasteiger partial charge < -0.3 is 10.2 Å². The maximum atomic E-state index is 11.8. The van der Waals surface area contributed by atoms with Crippen molar-refractivity contribution in [1.29, 1.82) is 0 Å². The highest BCUT2D eigenvalue weighted by atomic mass is 16.2. The van der Waals surface area contributed by atoms with Crippen LogP contribution in [-0.2, 0) is 4.79 Å². The molecule has 3 heteroatoms. The standard InChI is InChI=1S/C11H20N2O/c1-11(2)7-12-6-5-10(14)13(8-11)9-3-4-9/h9,12H,3-8H2,1-2H3. The molecule has 14 heavy (non-hydrogen) atoms. The van der Waals surface area contributed by atoms with Crippen molar-refractivity contribution < 1.29 is 4.79 Å². The number of carbonyl (C=O) groups is 1. The summed E-state index contributed by atoms with van der Waals surface area (Å²) in [6, 6.07) is 0.569. The minimum atomic E-state index is 0.221. The monoisotopic (exact) mass is 196 g/mol. The maximum absolute atomic E-state index is 11.8. The van der Waals surface area contributed by atoms with Crippen molar-refractivity contribution in [3.05, 3.63) is 0 Å². The lowest BCUT2D eigenvalue weighted by atomic mass is 9.91. The first kappa shape index (κ1) is 9.97. The van der Waals surface area contributed by atoms with Crippen molar-refractivity contribution in [3.8, 4) is 0 Å². The van der Waals surface area contributed by atoms with Crippen LogP contribution >= 0.6 is 0 Å². The molecule has 1 saturated heterocycles. The van der Waals surface area contributed by atoms with Gasteiger partial charge in [0.15, 0.2) is 0 Å². The summed E-state index contributed by atoms with van der Waals surface area (Å²) in [4.78, 5) is 13.9. The Kier molecular flexibility index (Phi) is 2.52. The predicted molar refractivity (Wildman–Crippen MR) is 56.0 cm³/mol. The number of nitrogens with zero attached hydrogens (tertiary/aromatic N) is 1. The van der Waals surface area contributed by atoms with Crippen LogP contribution in [0.3, 0.4) is 0 Å². The molecule has 0 aromatic rings. The highest BCUT2D eigenvalue weighted by Gasteiger charge is 2.36. The molecule has 2 rings (SSSR count). The van der Waals surface area contributed by atoms with E-state index in [-0.39, 0.29) is 5.41 Å². The first-order chi connectivity index (χ1) is 6.58. The molecule has 1 aliphatic carbocycles. The molecule has 3 nitrogen and oxygen atoms in total. The summed E-state index contributed by atoms with van der Waals surface area (Å²) < 4.78 is 0. The summed E-state index contributed by atoms with van der Waals surface area (Å²) in [5, 5.41) is 3.34. The molecule has 0 bridgehead atoms. The van der Waals surface area contributed by atoms with Gasteiger partial charge in [-0.15, -0.1) is 0 Å². The molecule has 1 aliphatic heterocycles. The van der Waals surface area contributed by atoms with Crippen LogP contribution in [0.15, 0.2) is 0 Å². The third-order valence-corrected chi connectivity index (χ3v) is 3.03. The normalized spacial score (nSPS) is 28.4. The topological polar surface area (TPSA) is 32.3 Å². The van der Waals surface area contributed by atoms with Crippen molar-refractivity contribution >= 4 is 5.91 Å². The first-order valence-corrected chi connectivity index (χ1v) is 5.59. The van der Waals surface area contributed by atoms with E-state index in [0.717, 1.165) is 19.6 Å². The van der Waals surface area contributed by atoms with Crippen molar-refractivity contribution in [2.75, 3.05) is 19.6 Å². The summed E-state index contributed by atoms with van der Waals surface area (Å²) in [7, 11) is 0. The zero-order valence-corrected chi connectivity index (χ0v) is 9.18. The maximum Gasteiger partial charge on any atom is 0.224 e. The number of hydrogen-bond donors (Lipinski definition) is 1. The van der Waals surface area contributed by atoms with Gasteiger partial charge in [0.05, 0.1) is 0 Å². The highest BCUT2D eigenvalue weighted by molar-refractivity contribution is 5.77. The Morgan fingerprint density at radius 3 is 2.79 bits per heavy atom. The number of rotatable bonds is 1. The fraction of sp³-hybridized carbons (Fsp3) is 0.909. The van der Waals surface area contributed by atoms with Gasteiger partial charge >= 0.3 is 0 Å². The van der Waals surface area contributed by atoms with Gasteiger partial charge in [0.1, 0.15) is 0 Å². The highest BCUT2D eigenvalue weighted by Crippen LogP contribution is 2.31. The van der Waals surface area contributed by atoms with Gasteiger partial charge in [-0.05, 0) is 18.3 Å². The largest absolute Gasteiger partial charge is 0.339 e. The van der Waals surface area contributed by atoms with Crippen LogP contribution in [0.5, 0.6) is 0 Å². The zero-order valence-electron chi connectivity index (χ0n) is 9.18. The average Bonchev–Trinajstić information content (AvgIpc) is 2.89. The van der Waals surface area contributed by atoms with Gasteiger partial charge in [-0.25, -0.2) is 0 Å². The quantitative estimate of drug-likeness (QED) is 0.678. The second-order valence-electron chi connectivity index (χ2n) is 5.34. The van der Waals surface area contributed by atoms with E-state index in [1.165, 1.54) is 12.8 Å². The molecule has 0 unspecified atom stereocenters. The van der Waals surface area contributed by atoms with E-state index >= 15 is 0 Å². The second kappa shape index (κ2) is 3.54. The fourth-order valence-electron chi connectivity index (χ4n) is 2.09. The summed E-state index contributed by atoms with van der Waals surface area (Å²) in [5.74, 6) is 0.341. The zero-order chi connectivity index (χ0) is 10.2. The van der Waals surface area contributed by atoms with Gasteiger partial charge in [0, 0.05) is 32.1 Å². The summed E-state index contributed by atoms with van der Waals surface area (Å²) in [6.07, 6.45) is 3.11. The van der Waals surface area contributed by atoms with E-state index in [4.69, 9.17) is 0 Å². The van der Waals surface area contributed by atoms with E-state index in [9.17, 15) is 4.79 Å². The smallest absolute Gasteiger partial charge is 0.224 e. The Morgan fingerprint density at radius 1 is 1.43 bits per heavy atom. The van der Waals surface area contributed by atoms with Gasteiger partial charge in [0.25, 0.3) is 0 Å². The van der Waals surface area contributed by atoms with Crippen LogP contribution in [0.4, 0.5) is 0 Å². The van der Waals surface area contributed by atoms with Crippen LogP contribution < -0.4 is 5.32 Å². The Hall–Kier alpha value is -0.570. The Bertz CT molecular complexity index is 233. The molecule has 1 N–H and O–H groups in total. The minimum absolute atomic E-state index is 0.221. The van der Waals surface area contributed by atoms with Gasteiger partial charge in [-0.1, -0.05) is 13.8 Å². The lowest BCUT2D eigenvalue weighted by molar-refractivity contribution is -0.133. The molecular formula is C11H20N2O.